The van der Waals surface area contributed by atoms with Gasteiger partial charge in [-0.1, -0.05) is 113 Å². The second-order valence-corrected chi connectivity index (χ2v) is 29.3. The van der Waals surface area contributed by atoms with Crippen LogP contribution in [0.3, 0.4) is 0 Å². The van der Waals surface area contributed by atoms with Crippen LogP contribution in [0.5, 0.6) is 0 Å². The quantitative estimate of drug-likeness (QED) is 0.124. The third kappa shape index (κ3) is 15.2. The van der Waals surface area contributed by atoms with Crippen molar-refractivity contribution in [2.75, 3.05) is 73.5 Å². The number of likely N-dealkylation sites (tertiary alicyclic amines) is 3. The van der Waals surface area contributed by atoms with Crippen LogP contribution in [0, 0.1) is 50.8 Å². The molecule has 8 aromatic rings. The maximum Gasteiger partial charge on any atom is 0.277 e. The average Bonchev–Trinajstić information content (AvgIpc) is 1.59. The van der Waals surface area contributed by atoms with E-state index >= 15 is 0 Å². The van der Waals surface area contributed by atoms with E-state index in [2.05, 4.69) is 119 Å². The molecule has 18 heteroatoms. The predicted octanol–water partition coefficient (Wildman–Crippen LogP) is 17.9. The zero-order valence-electron chi connectivity index (χ0n) is 55.8. The summed E-state index contributed by atoms with van der Waals surface area (Å²) in [7, 11) is 6.56. The molecule has 4 saturated heterocycles. The maximum absolute atomic E-state index is 11.8. The normalized spacial score (nSPS) is 20.9. The summed E-state index contributed by atoms with van der Waals surface area (Å²) in [5.41, 5.74) is 18.2. The van der Waals surface area contributed by atoms with Crippen molar-refractivity contribution in [3.8, 4) is 0 Å². The van der Waals surface area contributed by atoms with Crippen molar-refractivity contribution in [2.24, 2.45) is 23.7 Å². The highest BCUT2D eigenvalue weighted by Gasteiger charge is 2.40. The summed E-state index contributed by atoms with van der Waals surface area (Å²) in [6.45, 7) is 10.8. The van der Waals surface area contributed by atoms with E-state index in [1.807, 2.05) is 79.1 Å². The molecular formula is C80H82Cl4N10O4. The van der Waals surface area contributed by atoms with Crippen LogP contribution in [-0.4, -0.2) is 118 Å². The monoisotopic (exact) mass is 1390 g/mol. The summed E-state index contributed by atoms with van der Waals surface area (Å²) in [6, 6.07) is 37.5. The van der Waals surface area contributed by atoms with E-state index < -0.39 is 0 Å². The lowest BCUT2D eigenvalue weighted by molar-refractivity contribution is -0.374. The molecule has 98 heavy (non-hydrogen) atoms. The van der Waals surface area contributed by atoms with E-state index in [-0.39, 0.29) is 33.1 Å². The van der Waals surface area contributed by atoms with Gasteiger partial charge in [0.2, 0.25) is 0 Å². The Bertz CT molecular complexity index is 4340. The van der Waals surface area contributed by atoms with Gasteiger partial charge in [0.15, 0.2) is 0 Å². The summed E-state index contributed by atoms with van der Waals surface area (Å²) in [5, 5.41) is 29.5. The second-order valence-electron chi connectivity index (χ2n) is 27.6. The van der Waals surface area contributed by atoms with Gasteiger partial charge in [0.05, 0.1) is 43.7 Å². The Morgan fingerprint density at radius 2 is 0.745 bits per heavy atom. The topological polar surface area (TPSA) is 160 Å². The van der Waals surface area contributed by atoms with E-state index in [0.717, 1.165) is 95.5 Å². The number of hydrogen-bond acceptors (Lipinski definition) is 12. The van der Waals surface area contributed by atoms with Crippen LogP contribution in [0.1, 0.15) is 170 Å². The molecule has 4 aromatic carbocycles. The van der Waals surface area contributed by atoms with Crippen LogP contribution in [0.25, 0.3) is 47.9 Å². The third-order valence-electron chi connectivity index (χ3n) is 21.3. The molecule has 4 aromatic heterocycles. The number of piperidine rings is 4. The fourth-order valence-corrected chi connectivity index (χ4v) is 17.0. The van der Waals surface area contributed by atoms with Gasteiger partial charge in [0.25, 0.3) is 11.4 Å². The number of nitrogens with zero attached hydrogens (tertiary/aromatic N) is 9. The highest BCUT2D eigenvalue weighted by molar-refractivity contribution is 6.31. The maximum atomic E-state index is 11.8. The number of halogens is 4. The first-order valence-electron chi connectivity index (χ1n) is 34.4. The van der Waals surface area contributed by atoms with Crippen molar-refractivity contribution in [1.82, 2.24) is 40.0 Å². The van der Waals surface area contributed by atoms with Crippen LogP contribution in [0.4, 0.5) is 0 Å². The molecule has 8 heterocycles. The minimum atomic E-state index is -0.323. The fraction of sp³-hybridized carbons (Fsp3) is 0.350. The molecule has 4 fully saturated rings. The van der Waals surface area contributed by atoms with Gasteiger partial charge in [-0.2, -0.15) is 0 Å². The van der Waals surface area contributed by atoms with Crippen LogP contribution in [0.15, 0.2) is 140 Å². The molecule has 4 atom stereocenters. The zero-order chi connectivity index (χ0) is 68.1. The van der Waals surface area contributed by atoms with Crippen molar-refractivity contribution in [2.45, 2.75) is 82.0 Å². The van der Waals surface area contributed by atoms with Gasteiger partial charge >= 0.3 is 0 Å². The first-order valence-corrected chi connectivity index (χ1v) is 35.9. The minimum Gasteiger partial charge on any atom is -0.317 e. The summed E-state index contributed by atoms with van der Waals surface area (Å²) in [4.78, 5) is 49.0. The van der Waals surface area contributed by atoms with Crippen LogP contribution in [-0.2, 0) is 0 Å². The van der Waals surface area contributed by atoms with Crippen molar-refractivity contribution < 1.29 is 9.85 Å². The lowest BCUT2D eigenvalue weighted by atomic mass is 9.76. The number of rotatable bonds is 6. The Kier molecular flexibility index (Phi) is 21.6. The number of benzene rings is 4. The van der Waals surface area contributed by atoms with Gasteiger partial charge in [-0.05, 0) is 278 Å². The molecule has 8 aliphatic rings. The number of hydrogen-bond donors (Lipinski definition) is 1. The second kappa shape index (κ2) is 30.8. The summed E-state index contributed by atoms with van der Waals surface area (Å²) in [6.07, 6.45) is 28.6. The lowest BCUT2D eigenvalue weighted by Crippen LogP contribution is -2.33. The molecular weight excluding hydrogens is 1310 g/mol. The summed E-state index contributed by atoms with van der Waals surface area (Å²) >= 11 is 24.9. The van der Waals surface area contributed by atoms with Crippen molar-refractivity contribution >= 4 is 94.3 Å². The molecule has 0 amide bonds. The van der Waals surface area contributed by atoms with Gasteiger partial charge in [-0.3, -0.25) is 40.2 Å². The van der Waals surface area contributed by atoms with Gasteiger partial charge in [-0.25, -0.2) is 0 Å². The molecule has 4 aliphatic carbocycles. The van der Waals surface area contributed by atoms with E-state index in [1.54, 1.807) is 36.7 Å². The van der Waals surface area contributed by atoms with Gasteiger partial charge in [-0.15, -0.1) is 0 Å². The molecule has 504 valence electrons. The largest absolute Gasteiger partial charge is 0.317 e. The SMILES string of the molecule is CN1CCC(C2c3ccc(Cl)cc3C([N+](=O)[O-])=Cc3cccnc32)CC1.CN1CCC(C2c3ccc(Cl)cc3C=Cc3cccnc32)CC1.Cc1cnc2c(c1)C=Cc1cc(Cl)ccc1C2C1CCN(C)CC1.O=[N+]([O-])C1=Cc2cccnc2C(C2CCNCC2)c2ccc(Cl)cc21. The van der Waals surface area contributed by atoms with E-state index in [9.17, 15) is 20.2 Å². The van der Waals surface area contributed by atoms with E-state index in [4.69, 9.17) is 56.4 Å². The number of pyridine rings is 4. The van der Waals surface area contributed by atoms with Crippen LogP contribution >= 0.6 is 46.4 Å². The van der Waals surface area contributed by atoms with Crippen LogP contribution in [0.2, 0.25) is 20.1 Å². The minimum absolute atomic E-state index is 0.0410. The van der Waals surface area contributed by atoms with Crippen molar-refractivity contribution in [3.05, 3.63) is 275 Å². The summed E-state index contributed by atoms with van der Waals surface area (Å²) in [5.74, 6) is 2.88. The van der Waals surface area contributed by atoms with Crippen molar-refractivity contribution in [3.63, 3.8) is 0 Å². The van der Waals surface area contributed by atoms with E-state index in [0.29, 0.717) is 56.7 Å². The average molecular weight is 1390 g/mol. The molecule has 0 saturated carbocycles. The molecule has 4 aliphatic heterocycles. The van der Waals surface area contributed by atoms with Gasteiger partial charge < -0.3 is 20.0 Å². The smallest absolute Gasteiger partial charge is 0.277 e. The standard InChI is InChI=1S/C21H23ClN2.C20H20ClN3O2.C20H21ClN2.C19H18ClN3O2/c1-14-11-17-4-3-16-12-18(22)5-6-19(16)20(21(17)23-13-14)15-7-9-24(2)10-8-15;1-23-9-6-13(7-10-23)19-16-5-4-15(21)12-17(16)18(24(25)26)11-14-3-2-8-22-20(14)19;1-23-11-8-14(9-12-23)19-18-7-6-17(21)13-16(18)5-4-15-3-2-10-22-20(15)19;20-14-3-4-15-16(11-14)17(23(24)25)10-13-2-1-7-22-19(13)18(15)12-5-8-21-9-6-12/h3-6,11-13,15,20H,7-10H2,1-2H3;2-5,8,11-13,19H,6-7,9-10H2,1H3;2-7,10,13-14,19H,8-9,11-12H2,1H3;1-4,7,10-12,18,21H,5-6,8-9H2. The Labute approximate surface area is 594 Å². The van der Waals surface area contributed by atoms with E-state index in [1.165, 1.54) is 102 Å². The first kappa shape index (κ1) is 68.8. The molecule has 0 radical (unpaired) electrons. The molecule has 16 rings (SSSR count). The van der Waals surface area contributed by atoms with Crippen LogP contribution < -0.4 is 5.32 Å². The number of fused-ring (bicyclic) bond motifs is 8. The Morgan fingerprint density at radius 1 is 0.408 bits per heavy atom. The third-order valence-corrected chi connectivity index (χ3v) is 22.3. The number of aromatic nitrogens is 4. The Hall–Kier alpha value is -7.76. The summed E-state index contributed by atoms with van der Waals surface area (Å²) < 4.78 is 0. The highest BCUT2D eigenvalue weighted by atomic mass is 35.5. The zero-order valence-corrected chi connectivity index (χ0v) is 58.9. The molecule has 4 unspecified atom stereocenters. The predicted molar refractivity (Wildman–Crippen MR) is 399 cm³/mol. The first-order chi connectivity index (χ1) is 47.5. The fourth-order valence-electron chi connectivity index (χ4n) is 16.3. The van der Waals surface area contributed by atoms with Gasteiger partial charge in [0.1, 0.15) is 0 Å². The highest BCUT2D eigenvalue weighted by Crippen LogP contribution is 2.49. The number of aryl methyl sites for hydroxylation is 1. The van der Waals surface area contributed by atoms with Crippen molar-refractivity contribution in [1.29, 1.82) is 0 Å². The Morgan fingerprint density at radius 3 is 1.16 bits per heavy atom. The number of nitro groups is 2. The molecule has 0 bridgehead atoms. The molecule has 0 spiro atoms. The molecule has 1 N–H and O–H groups in total. The number of nitrogens with one attached hydrogen (secondary N) is 1. The molecule has 14 nitrogen and oxygen atoms in total. The van der Waals surface area contributed by atoms with Gasteiger partial charge in [0, 0.05) is 91.8 Å². The Balaban J connectivity index is 0.000000118. The lowest BCUT2D eigenvalue weighted by Gasteiger charge is -2.35.